The number of benzene rings is 2. The highest BCUT2D eigenvalue weighted by atomic mass is 19.4. The molecule has 2 nitrogen and oxygen atoms in total. The number of rotatable bonds is 7. The predicted molar refractivity (Wildman–Crippen MR) is 81.3 cm³/mol. The van der Waals surface area contributed by atoms with E-state index in [0.29, 0.717) is 24.3 Å². The Morgan fingerprint density at radius 2 is 0.750 bits per heavy atom. The van der Waals surface area contributed by atoms with Crippen molar-refractivity contribution < 1.29 is 44.7 Å². The quantitative estimate of drug-likeness (QED) is 0.459. The van der Waals surface area contributed by atoms with Gasteiger partial charge in [-0.3, -0.25) is 9.59 Å². The van der Waals surface area contributed by atoms with Crippen molar-refractivity contribution in [1.29, 1.82) is 0 Å². The summed E-state index contributed by atoms with van der Waals surface area (Å²) in [6.45, 7) is 0. The maximum Gasteiger partial charge on any atom is 0.386 e. The van der Waals surface area contributed by atoms with Crippen LogP contribution >= 0.6 is 0 Å². The van der Waals surface area contributed by atoms with Gasteiger partial charge in [0.15, 0.2) is 0 Å². The predicted octanol–water partition coefficient (Wildman–Crippen LogP) is 5.29. The lowest BCUT2D eigenvalue weighted by molar-refractivity contribution is -0.339. The van der Waals surface area contributed by atoms with Gasteiger partial charge in [-0.15, -0.1) is 0 Å². The molecule has 0 saturated carbocycles. The van der Waals surface area contributed by atoms with Crippen molar-refractivity contribution in [2.24, 2.45) is 0 Å². The maximum absolute atomic E-state index is 13.9. The molecular weight excluding hydrogens is 400 g/mol. The zero-order valence-corrected chi connectivity index (χ0v) is 13.6. The first kappa shape index (κ1) is 21.5. The molecule has 0 aliphatic heterocycles. The lowest BCUT2D eigenvalue weighted by Crippen LogP contribution is -2.66. The summed E-state index contributed by atoms with van der Waals surface area (Å²) in [4.78, 5) is 23.3. The minimum atomic E-state index is -6.87. The Morgan fingerprint density at radius 3 is 1.00 bits per heavy atom. The van der Waals surface area contributed by atoms with E-state index in [9.17, 15) is 44.7 Å². The van der Waals surface area contributed by atoms with E-state index in [1.807, 2.05) is 0 Å². The molecule has 0 heterocycles. The second-order valence-corrected chi connectivity index (χ2v) is 5.69. The number of carbonyl (C=O) groups excluding carboxylic acids is 2. The van der Waals surface area contributed by atoms with Gasteiger partial charge in [0, 0.05) is 11.1 Å². The van der Waals surface area contributed by atoms with Crippen LogP contribution in [0.3, 0.4) is 0 Å². The number of hydrogen-bond donors (Lipinski definition) is 0. The number of alkyl halides is 8. The lowest BCUT2D eigenvalue weighted by Gasteiger charge is -2.35. The molecule has 0 radical (unpaired) electrons. The molecule has 2 rings (SSSR count). The highest BCUT2D eigenvalue weighted by molar-refractivity contribution is 6.04. The number of hydrogen-bond acceptors (Lipinski definition) is 2. The average Bonchev–Trinajstić information content (AvgIpc) is 2.67. The number of carbonyl (C=O) groups is 2. The van der Waals surface area contributed by atoms with E-state index in [0.717, 1.165) is 24.3 Å². The zero-order valence-electron chi connectivity index (χ0n) is 13.6. The van der Waals surface area contributed by atoms with Crippen molar-refractivity contribution in [3.8, 4) is 0 Å². The highest BCUT2D eigenvalue weighted by Gasteiger charge is 2.84. The van der Waals surface area contributed by atoms with Crippen molar-refractivity contribution in [2.45, 2.75) is 23.7 Å². The molecule has 0 aliphatic rings. The minimum absolute atomic E-state index is 0.623. The summed E-state index contributed by atoms with van der Waals surface area (Å²) in [7, 11) is 0. The van der Waals surface area contributed by atoms with E-state index in [-0.39, 0.29) is 0 Å². The Balaban J connectivity index is 2.49. The molecule has 0 spiro atoms. The van der Waals surface area contributed by atoms with Gasteiger partial charge in [-0.05, 0) is 0 Å². The third kappa shape index (κ3) is 3.16. The van der Waals surface area contributed by atoms with Crippen LogP contribution in [0.4, 0.5) is 35.1 Å². The summed E-state index contributed by atoms with van der Waals surface area (Å²) in [6, 6.07) is 8.84. The number of halogens is 8. The van der Waals surface area contributed by atoms with Crippen LogP contribution in [0.5, 0.6) is 0 Å². The highest BCUT2D eigenvalue weighted by Crippen LogP contribution is 2.54. The van der Waals surface area contributed by atoms with Crippen LogP contribution in [-0.2, 0) is 0 Å². The van der Waals surface area contributed by atoms with Crippen molar-refractivity contribution in [3.63, 3.8) is 0 Å². The van der Waals surface area contributed by atoms with Gasteiger partial charge in [0.2, 0.25) is 11.6 Å². The van der Waals surface area contributed by atoms with Gasteiger partial charge in [-0.25, -0.2) is 0 Å². The van der Waals surface area contributed by atoms with Gasteiger partial charge in [-0.2, -0.15) is 35.1 Å². The molecule has 0 bridgehead atoms. The Bertz CT molecular complexity index is 790. The van der Waals surface area contributed by atoms with E-state index in [4.69, 9.17) is 0 Å². The first-order chi connectivity index (χ1) is 12.8. The second kappa shape index (κ2) is 6.99. The van der Waals surface area contributed by atoms with Crippen LogP contribution in [0.1, 0.15) is 20.7 Å². The largest absolute Gasteiger partial charge is 0.386 e. The van der Waals surface area contributed by atoms with Gasteiger partial charge in [0.25, 0.3) is 0 Å². The number of Topliss-reactive ketones (excluding diaryl/α,β-unsaturated/α-hetero) is 2. The van der Waals surface area contributed by atoms with Gasteiger partial charge >= 0.3 is 23.7 Å². The smallest absolute Gasteiger partial charge is 0.287 e. The van der Waals surface area contributed by atoms with Crippen molar-refractivity contribution >= 4 is 11.6 Å². The Labute approximate surface area is 152 Å². The van der Waals surface area contributed by atoms with Crippen LogP contribution in [-0.4, -0.2) is 35.3 Å². The summed E-state index contributed by atoms with van der Waals surface area (Å²) < 4.78 is 112. The van der Waals surface area contributed by atoms with E-state index >= 15 is 0 Å². The fourth-order valence-corrected chi connectivity index (χ4v) is 2.22. The SMILES string of the molecule is O=C(c1ccccc1)C(F)(F)C(F)(F)C(F)(F)C(F)(F)C(=O)c1ccccc1. The number of ketones is 2. The third-order valence-electron chi connectivity index (χ3n) is 3.83. The summed E-state index contributed by atoms with van der Waals surface area (Å²) in [5.41, 5.74) is -2.19. The summed E-state index contributed by atoms with van der Waals surface area (Å²) in [5.74, 6) is -31.8. The molecule has 10 heteroatoms. The molecule has 0 amide bonds. The second-order valence-electron chi connectivity index (χ2n) is 5.69. The molecule has 0 atom stereocenters. The molecule has 0 fully saturated rings. The Kier molecular flexibility index (Phi) is 5.37. The third-order valence-corrected chi connectivity index (χ3v) is 3.83. The van der Waals surface area contributed by atoms with Gasteiger partial charge in [-0.1, -0.05) is 60.7 Å². The minimum Gasteiger partial charge on any atom is -0.287 e. The van der Waals surface area contributed by atoms with Crippen LogP contribution in [0.15, 0.2) is 60.7 Å². The summed E-state index contributed by atoms with van der Waals surface area (Å²) in [6.07, 6.45) is 0. The standard InChI is InChI=1S/C18H10F8O2/c19-15(20,13(27)11-7-3-1-4-8-11)17(23,24)18(25,26)16(21,22)14(28)12-9-5-2-6-10-12/h1-10H. The van der Waals surface area contributed by atoms with E-state index in [1.54, 1.807) is 0 Å². The fourth-order valence-electron chi connectivity index (χ4n) is 2.22. The van der Waals surface area contributed by atoms with Crippen LogP contribution in [0, 0.1) is 0 Å². The molecule has 28 heavy (non-hydrogen) atoms. The van der Waals surface area contributed by atoms with Gasteiger partial charge < -0.3 is 0 Å². The average molecular weight is 410 g/mol. The molecule has 0 aliphatic carbocycles. The van der Waals surface area contributed by atoms with Crippen LogP contribution in [0.25, 0.3) is 0 Å². The summed E-state index contributed by atoms with van der Waals surface area (Å²) >= 11 is 0. The van der Waals surface area contributed by atoms with Crippen LogP contribution in [0.2, 0.25) is 0 Å². The molecule has 2 aromatic rings. The molecule has 0 unspecified atom stereocenters. The molecule has 150 valence electrons. The van der Waals surface area contributed by atoms with Crippen molar-refractivity contribution in [1.82, 2.24) is 0 Å². The van der Waals surface area contributed by atoms with Gasteiger partial charge in [0.05, 0.1) is 0 Å². The monoisotopic (exact) mass is 410 g/mol. The molecule has 0 aromatic heterocycles. The van der Waals surface area contributed by atoms with Crippen LogP contribution < -0.4 is 0 Å². The normalized spacial score (nSPS) is 13.3. The van der Waals surface area contributed by atoms with E-state index < -0.39 is 46.4 Å². The zero-order chi connectivity index (χ0) is 21.4. The lowest BCUT2D eigenvalue weighted by atomic mass is 9.90. The van der Waals surface area contributed by atoms with E-state index in [2.05, 4.69) is 0 Å². The topological polar surface area (TPSA) is 34.1 Å². The molecule has 0 N–H and O–H groups in total. The van der Waals surface area contributed by atoms with E-state index in [1.165, 1.54) is 12.1 Å². The Hall–Kier alpha value is -2.78. The maximum atomic E-state index is 13.9. The first-order valence-corrected chi connectivity index (χ1v) is 7.49. The molecule has 2 aromatic carbocycles. The summed E-state index contributed by atoms with van der Waals surface area (Å²) in [5, 5.41) is 0. The fraction of sp³-hybridized carbons (Fsp3) is 0.222. The molecule has 0 saturated heterocycles. The molecular formula is C18H10F8O2. The first-order valence-electron chi connectivity index (χ1n) is 7.49. The van der Waals surface area contributed by atoms with Crippen molar-refractivity contribution in [3.05, 3.63) is 71.8 Å². The van der Waals surface area contributed by atoms with Crippen molar-refractivity contribution in [2.75, 3.05) is 0 Å². The van der Waals surface area contributed by atoms with Gasteiger partial charge in [0.1, 0.15) is 0 Å². The Morgan fingerprint density at radius 1 is 0.500 bits per heavy atom.